The number of carbonyl (C=O) groups excluding carboxylic acids is 1. The monoisotopic (exact) mass is 245 g/mol. The van der Waals surface area contributed by atoms with E-state index in [-0.39, 0.29) is 12.3 Å². The van der Waals surface area contributed by atoms with E-state index in [4.69, 9.17) is 5.11 Å². The second-order valence-corrected chi connectivity index (χ2v) is 4.33. The zero-order valence-electron chi connectivity index (χ0n) is 9.46. The molecule has 2 heterocycles. The highest BCUT2D eigenvalue weighted by Gasteiger charge is 2.30. The van der Waals surface area contributed by atoms with Crippen LogP contribution < -0.4 is 5.32 Å². The summed E-state index contributed by atoms with van der Waals surface area (Å²) in [4.78, 5) is 22.5. The lowest BCUT2D eigenvalue weighted by Crippen LogP contribution is -2.34. The van der Waals surface area contributed by atoms with Crippen LogP contribution in [-0.4, -0.2) is 26.8 Å². The maximum atomic E-state index is 11.8. The SMILES string of the molecule is O=C(O)CC1Cn2nc3ccccc3c2NC1=O. The fraction of sp³-hybridized carbons (Fsp3) is 0.250. The highest BCUT2D eigenvalue weighted by Crippen LogP contribution is 2.28. The van der Waals surface area contributed by atoms with Gasteiger partial charge in [0.25, 0.3) is 0 Å². The van der Waals surface area contributed by atoms with Gasteiger partial charge in [0.15, 0.2) is 0 Å². The minimum Gasteiger partial charge on any atom is -0.481 e. The molecule has 0 saturated heterocycles. The number of aromatic nitrogens is 2. The van der Waals surface area contributed by atoms with Crippen molar-refractivity contribution < 1.29 is 14.7 Å². The van der Waals surface area contributed by atoms with Crippen LogP contribution in [0.5, 0.6) is 0 Å². The first-order valence-corrected chi connectivity index (χ1v) is 5.63. The van der Waals surface area contributed by atoms with Crippen molar-refractivity contribution in [1.29, 1.82) is 0 Å². The molecule has 1 atom stereocenters. The molecule has 0 spiro atoms. The molecule has 0 radical (unpaired) electrons. The van der Waals surface area contributed by atoms with Gasteiger partial charge < -0.3 is 10.4 Å². The molecule has 1 amide bonds. The van der Waals surface area contributed by atoms with E-state index in [1.54, 1.807) is 4.68 Å². The number of carbonyl (C=O) groups is 2. The van der Waals surface area contributed by atoms with Gasteiger partial charge >= 0.3 is 5.97 Å². The molecule has 0 fully saturated rings. The third-order valence-corrected chi connectivity index (χ3v) is 3.07. The van der Waals surface area contributed by atoms with Gasteiger partial charge in [-0.15, -0.1) is 0 Å². The Hall–Kier alpha value is -2.37. The number of hydrogen-bond acceptors (Lipinski definition) is 3. The normalized spacial score (nSPS) is 18.4. The Morgan fingerprint density at radius 3 is 3.06 bits per heavy atom. The molecule has 1 aromatic heterocycles. The van der Waals surface area contributed by atoms with Gasteiger partial charge in [0.1, 0.15) is 5.82 Å². The lowest BCUT2D eigenvalue weighted by atomic mass is 10.0. The summed E-state index contributed by atoms with van der Waals surface area (Å²) in [6, 6.07) is 7.49. The summed E-state index contributed by atoms with van der Waals surface area (Å²) < 4.78 is 1.67. The number of rotatable bonds is 2. The first-order valence-electron chi connectivity index (χ1n) is 5.63. The number of nitrogens with one attached hydrogen (secondary N) is 1. The van der Waals surface area contributed by atoms with Crippen LogP contribution in [0.4, 0.5) is 5.82 Å². The summed E-state index contributed by atoms with van der Waals surface area (Å²) in [5.74, 6) is -1.15. The summed E-state index contributed by atoms with van der Waals surface area (Å²) in [7, 11) is 0. The van der Waals surface area contributed by atoms with Crippen molar-refractivity contribution in [2.24, 2.45) is 5.92 Å². The Morgan fingerprint density at radius 2 is 2.28 bits per heavy atom. The Labute approximate surface area is 102 Å². The van der Waals surface area contributed by atoms with E-state index in [0.717, 1.165) is 10.9 Å². The number of fused-ring (bicyclic) bond motifs is 3. The molecule has 1 aliphatic heterocycles. The maximum absolute atomic E-state index is 11.8. The Kier molecular flexibility index (Phi) is 2.29. The number of anilines is 1. The van der Waals surface area contributed by atoms with Gasteiger partial charge in [0, 0.05) is 5.39 Å². The fourth-order valence-electron chi connectivity index (χ4n) is 2.22. The second-order valence-electron chi connectivity index (χ2n) is 4.33. The van der Waals surface area contributed by atoms with Crippen molar-refractivity contribution in [1.82, 2.24) is 9.78 Å². The average Bonchev–Trinajstić information content (AvgIpc) is 2.67. The smallest absolute Gasteiger partial charge is 0.304 e. The summed E-state index contributed by atoms with van der Waals surface area (Å²) in [6.45, 7) is 0.308. The summed E-state index contributed by atoms with van der Waals surface area (Å²) in [5.41, 5.74) is 0.795. The summed E-state index contributed by atoms with van der Waals surface area (Å²) >= 11 is 0. The van der Waals surface area contributed by atoms with Crippen LogP contribution in [0.25, 0.3) is 10.9 Å². The maximum Gasteiger partial charge on any atom is 0.304 e. The van der Waals surface area contributed by atoms with Crippen molar-refractivity contribution in [3.05, 3.63) is 24.3 Å². The molecule has 6 nitrogen and oxygen atoms in total. The van der Waals surface area contributed by atoms with E-state index in [1.165, 1.54) is 0 Å². The van der Waals surface area contributed by atoms with Crippen LogP contribution in [0, 0.1) is 5.92 Å². The first-order chi connectivity index (χ1) is 8.65. The molecule has 6 heteroatoms. The number of carboxylic acids is 1. The molecule has 92 valence electrons. The first kappa shape index (κ1) is 10.8. The molecule has 1 unspecified atom stereocenters. The van der Waals surface area contributed by atoms with Gasteiger partial charge in [-0.1, -0.05) is 12.1 Å². The van der Waals surface area contributed by atoms with Gasteiger partial charge in [-0.2, -0.15) is 5.10 Å². The number of aliphatic carboxylic acids is 1. The van der Waals surface area contributed by atoms with E-state index >= 15 is 0 Å². The third kappa shape index (κ3) is 1.62. The second kappa shape index (κ2) is 3.83. The Balaban J connectivity index is 2.02. The van der Waals surface area contributed by atoms with Crippen molar-refractivity contribution in [2.45, 2.75) is 13.0 Å². The van der Waals surface area contributed by atoms with E-state index < -0.39 is 11.9 Å². The molecule has 3 rings (SSSR count). The molecule has 2 N–H and O–H groups in total. The number of carboxylic acid groups (broad SMARTS) is 1. The van der Waals surface area contributed by atoms with E-state index in [9.17, 15) is 9.59 Å². The standard InChI is InChI=1S/C12H11N3O3/c16-10(17)5-7-6-15-11(13-12(7)18)8-3-1-2-4-9(8)14-15/h1-4,7H,5-6H2,(H,13,18)(H,16,17). The zero-order chi connectivity index (χ0) is 12.7. The van der Waals surface area contributed by atoms with Crippen molar-refractivity contribution in [3.63, 3.8) is 0 Å². The quantitative estimate of drug-likeness (QED) is 0.829. The minimum absolute atomic E-state index is 0.179. The highest BCUT2D eigenvalue weighted by atomic mass is 16.4. The van der Waals surface area contributed by atoms with Gasteiger partial charge in [0.05, 0.1) is 24.4 Å². The van der Waals surface area contributed by atoms with Crippen molar-refractivity contribution >= 4 is 28.6 Å². The molecule has 18 heavy (non-hydrogen) atoms. The number of nitrogens with zero attached hydrogens (tertiary/aromatic N) is 2. The van der Waals surface area contributed by atoms with E-state index in [2.05, 4.69) is 10.4 Å². The molecule has 0 bridgehead atoms. The van der Waals surface area contributed by atoms with Crippen molar-refractivity contribution in [3.8, 4) is 0 Å². The van der Waals surface area contributed by atoms with Gasteiger partial charge in [0.2, 0.25) is 5.91 Å². The predicted octanol–water partition coefficient (Wildman–Crippen LogP) is 1.08. The average molecular weight is 245 g/mol. The fourth-order valence-corrected chi connectivity index (χ4v) is 2.22. The topological polar surface area (TPSA) is 84.2 Å². The van der Waals surface area contributed by atoms with Crippen LogP contribution in [0.1, 0.15) is 6.42 Å². The largest absolute Gasteiger partial charge is 0.481 e. The lowest BCUT2D eigenvalue weighted by molar-refractivity contribution is -0.140. The van der Waals surface area contributed by atoms with Gasteiger partial charge in [-0.05, 0) is 12.1 Å². The highest BCUT2D eigenvalue weighted by molar-refractivity contribution is 6.02. The predicted molar refractivity (Wildman–Crippen MR) is 64.1 cm³/mol. The van der Waals surface area contributed by atoms with Crippen molar-refractivity contribution in [2.75, 3.05) is 5.32 Å². The van der Waals surface area contributed by atoms with Crippen LogP contribution in [0.3, 0.4) is 0 Å². The Bertz CT molecular complexity index is 647. The van der Waals surface area contributed by atoms with Crippen LogP contribution in [0.15, 0.2) is 24.3 Å². The summed E-state index contributed by atoms with van der Waals surface area (Å²) in [5, 5.41) is 16.7. The molecular weight excluding hydrogens is 234 g/mol. The number of benzene rings is 1. The van der Waals surface area contributed by atoms with E-state index in [1.807, 2.05) is 24.3 Å². The number of amides is 1. The number of hydrogen-bond donors (Lipinski definition) is 2. The lowest BCUT2D eigenvalue weighted by Gasteiger charge is -2.22. The minimum atomic E-state index is -0.977. The molecule has 2 aromatic rings. The van der Waals surface area contributed by atoms with Gasteiger partial charge in [-0.3, -0.25) is 9.59 Å². The molecule has 0 aliphatic carbocycles. The van der Waals surface area contributed by atoms with Crippen LogP contribution in [0.2, 0.25) is 0 Å². The van der Waals surface area contributed by atoms with Gasteiger partial charge in [-0.25, -0.2) is 4.68 Å². The third-order valence-electron chi connectivity index (χ3n) is 3.07. The summed E-state index contributed by atoms with van der Waals surface area (Å²) in [6.07, 6.45) is -0.179. The Morgan fingerprint density at radius 1 is 1.50 bits per heavy atom. The molecular formula is C12H11N3O3. The molecule has 0 saturated carbocycles. The zero-order valence-corrected chi connectivity index (χ0v) is 9.46. The molecule has 1 aromatic carbocycles. The molecule has 1 aliphatic rings. The van der Waals surface area contributed by atoms with Crippen LogP contribution in [-0.2, 0) is 16.1 Å². The van der Waals surface area contributed by atoms with Crippen LogP contribution >= 0.6 is 0 Å². The van der Waals surface area contributed by atoms with E-state index in [0.29, 0.717) is 12.4 Å².